The van der Waals surface area contributed by atoms with Gasteiger partial charge in [0, 0.05) is 11.8 Å². The number of hydrogen-bond donors (Lipinski definition) is 1. The standard InChI is InChI=1S/C20H26N2O4S/c1-6-26-18-9-7-8-17(13-18)21-20(23)16(4)22(27(5,24)25)19-12-14(2)10-11-15(19)3/h7-13,16H,6H2,1-5H3,(H,21,23). The Morgan fingerprint density at radius 3 is 2.52 bits per heavy atom. The van der Waals surface area contributed by atoms with Crippen molar-refractivity contribution in [1.29, 1.82) is 0 Å². The molecule has 0 bridgehead atoms. The van der Waals surface area contributed by atoms with E-state index in [-0.39, 0.29) is 0 Å². The van der Waals surface area contributed by atoms with Crippen LogP contribution in [0, 0.1) is 13.8 Å². The Bertz CT molecular complexity index is 925. The topological polar surface area (TPSA) is 75.7 Å². The lowest BCUT2D eigenvalue weighted by molar-refractivity contribution is -0.116. The quantitative estimate of drug-likeness (QED) is 0.785. The van der Waals surface area contributed by atoms with Gasteiger partial charge in [0.15, 0.2) is 0 Å². The minimum Gasteiger partial charge on any atom is -0.494 e. The molecule has 2 aromatic carbocycles. The lowest BCUT2D eigenvalue weighted by Gasteiger charge is -2.29. The van der Waals surface area contributed by atoms with Gasteiger partial charge in [0.25, 0.3) is 0 Å². The normalized spacial score (nSPS) is 12.3. The third-order valence-electron chi connectivity index (χ3n) is 4.10. The van der Waals surface area contributed by atoms with Gasteiger partial charge in [-0.1, -0.05) is 18.2 Å². The Labute approximate surface area is 161 Å². The molecular formula is C20H26N2O4S. The number of amides is 1. The largest absolute Gasteiger partial charge is 0.494 e. The fourth-order valence-electron chi connectivity index (χ4n) is 2.81. The van der Waals surface area contributed by atoms with E-state index in [0.717, 1.165) is 21.7 Å². The molecule has 1 atom stereocenters. The summed E-state index contributed by atoms with van der Waals surface area (Å²) in [7, 11) is -3.66. The second-order valence-electron chi connectivity index (χ2n) is 6.47. The Morgan fingerprint density at radius 1 is 1.19 bits per heavy atom. The van der Waals surface area contributed by atoms with Gasteiger partial charge in [-0.05, 0) is 57.0 Å². The van der Waals surface area contributed by atoms with E-state index >= 15 is 0 Å². The number of hydrogen-bond acceptors (Lipinski definition) is 4. The molecule has 0 aliphatic heterocycles. The maximum Gasteiger partial charge on any atom is 0.247 e. The molecule has 2 rings (SSSR count). The maximum absolute atomic E-state index is 12.8. The van der Waals surface area contributed by atoms with Crippen LogP contribution in [0.2, 0.25) is 0 Å². The van der Waals surface area contributed by atoms with Crippen molar-refractivity contribution in [3.8, 4) is 5.75 Å². The molecular weight excluding hydrogens is 364 g/mol. The molecule has 1 unspecified atom stereocenters. The summed E-state index contributed by atoms with van der Waals surface area (Å²) >= 11 is 0. The lowest BCUT2D eigenvalue weighted by Crippen LogP contribution is -2.45. The molecule has 0 aliphatic rings. The molecule has 0 spiro atoms. The minimum atomic E-state index is -3.66. The number of benzene rings is 2. The molecule has 0 radical (unpaired) electrons. The molecule has 0 saturated carbocycles. The van der Waals surface area contributed by atoms with Crippen molar-refractivity contribution in [3.05, 3.63) is 53.6 Å². The number of ether oxygens (including phenoxy) is 1. The molecule has 0 saturated heterocycles. The van der Waals surface area contributed by atoms with E-state index in [4.69, 9.17) is 4.74 Å². The number of nitrogens with one attached hydrogen (secondary N) is 1. The van der Waals surface area contributed by atoms with E-state index in [1.54, 1.807) is 37.3 Å². The Hall–Kier alpha value is -2.54. The first-order valence-electron chi connectivity index (χ1n) is 8.74. The molecule has 27 heavy (non-hydrogen) atoms. The van der Waals surface area contributed by atoms with Crippen LogP contribution in [0.1, 0.15) is 25.0 Å². The number of carbonyl (C=O) groups excluding carboxylic acids is 1. The van der Waals surface area contributed by atoms with Crippen LogP contribution in [0.5, 0.6) is 5.75 Å². The van der Waals surface area contributed by atoms with Gasteiger partial charge < -0.3 is 10.1 Å². The van der Waals surface area contributed by atoms with Gasteiger partial charge in [0.2, 0.25) is 15.9 Å². The van der Waals surface area contributed by atoms with Crippen LogP contribution in [-0.2, 0) is 14.8 Å². The molecule has 2 aromatic rings. The molecule has 6 nitrogen and oxygen atoms in total. The van der Waals surface area contributed by atoms with E-state index in [0.29, 0.717) is 23.7 Å². The maximum atomic E-state index is 12.8. The van der Waals surface area contributed by atoms with Gasteiger partial charge in [-0.3, -0.25) is 9.10 Å². The zero-order valence-electron chi connectivity index (χ0n) is 16.3. The van der Waals surface area contributed by atoms with E-state index in [9.17, 15) is 13.2 Å². The van der Waals surface area contributed by atoms with Gasteiger partial charge in [-0.15, -0.1) is 0 Å². The van der Waals surface area contributed by atoms with E-state index in [2.05, 4.69) is 5.32 Å². The molecule has 7 heteroatoms. The molecule has 0 aliphatic carbocycles. The van der Waals surface area contributed by atoms with Crippen LogP contribution < -0.4 is 14.4 Å². The summed E-state index contributed by atoms with van der Waals surface area (Å²) in [6.07, 6.45) is 1.11. The molecule has 1 amide bonds. The van der Waals surface area contributed by atoms with Crippen LogP contribution in [0.3, 0.4) is 0 Å². The monoisotopic (exact) mass is 390 g/mol. The fourth-order valence-corrected chi connectivity index (χ4v) is 4.04. The van der Waals surface area contributed by atoms with Gasteiger partial charge >= 0.3 is 0 Å². The van der Waals surface area contributed by atoms with E-state index in [1.807, 2.05) is 32.9 Å². The minimum absolute atomic E-state index is 0.421. The van der Waals surface area contributed by atoms with Crippen molar-refractivity contribution >= 4 is 27.3 Å². The average molecular weight is 391 g/mol. The average Bonchev–Trinajstić information content (AvgIpc) is 2.57. The number of carbonyl (C=O) groups is 1. The highest BCUT2D eigenvalue weighted by Crippen LogP contribution is 2.27. The zero-order chi connectivity index (χ0) is 20.2. The van der Waals surface area contributed by atoms with Crippen LogP contribution in [0.15, 0.2) is 42.5 Å². The number of rotatable bonds is 7. The highest BCUT2D eigenvalue weighted by molar-refractivity contribution is 7.92. The first-order chi connectivity index (χ1) is 12.6. The molecule has 1 N–H and O–H groups in total. The highest BCUT2D eigenvalue weighted by atomic mass is 32.2. The molecule has 146 valence electrons. The van der Waals surface area contributed by atoms with Crippen LogP contribution >= 0.6 is 0 Å². The summed E-state index contributed by atoms with van der Waals surface area (Å²) in [5.41, 5.74) is 2.75. The third-order valence-corrected chi connectivity index (χ3v) is 5.33. The summed E-state index contributed by atoms with van der Waals surface area (Å²) in [6.45, 7) is 7.67. The predicted octanol–water partition coefficient (Wildman–Crippen LogP) is 3.50. The Balaban J connectivity index is 2.33. The van der Waals surface area contributed by atoms with Crippen molar-refractivity contribution in [3.63, 3.8) is 0 Å². The second kappa shape index (κ2) is 8.43. The smallest absolute Gasteiger partial charge is 0.247 e. The van der Waals surface area contributed by atoms with Gasteiger partial charge in [0.1, 0.15) is 11.8 Å². The number of nitrogens with zero attached hydrogens (tertiary/aromatic N) is 1. The second-order valence-corrected chi connectivity index (χ2v) is 8.33. The first kappa shape index (κ1) is 20.8. The van der Waals surface area contributed by atoms with Gasteiger partial charge in [-0.2, -0.15) is 0 Å². The van der Waals surface area contributed by atoms with Crippen molar-refractivity contribution in [2.24, 2.45) is 0 Å². The van der Waals surface area contributed by atoms with Crippen LogP contribution in [0.4, 0.5) is 11.4 Å². The Kier molecular flexibility index (Phi) is 6.49. The molecule has 0 heterocycles. The fraction of sp³-hybridized carbons (Fsp3) is 0.350. The summed E-state index contributed by atoms with van der Waals surface area (Å²) in [5.74, 6) is 0.215. The summed E-state index contributed by atoms with van der Waals surface area (Å²) in [6, 6.07) is 11.6. The third kappa shape index (κ3) is 5.23. The number of aryl methyl sites for hydroxylation is 2. The SMILES string of the molecule is CCOc1cccc(NC(=O)C(C)N(c2cc(C)ccc2C)S(C)(=O)=O)c1. The van der Waals surface area contributed by atoms with E-state index < -0.39 is 22.0 Å². The van der Waals surface area contributed by atoms with E-state index in [1.165, 1.54) is 0 Å². The number of anilines is 2. The van der Waals surface area contributed by atoms with Crippen molar-refractivity contribution < 1.29 is 17.9 Å². The summed E-state index contributed by atoms with van der Waals surface area (Å²) in [4.78, 5) is 12.8. The number of sulfonamides is 1. The summed E-state index contributed by atoms with van der Waals surface area (Å²) in [5, 5.41) is 2.77. The van der Waals surface area contributed by atoms with Gasteiger partial charge in [0.05, 0.1) is 18.6 Å². The predicted molar refractivity (Wildman–Crippen MR) is 109 cm³/mol. The van der Waals surface area contributed by atoms with Crippen molar-refractivity contribution in [1.82, 2.24) is 0 Å². The first-order valence-corrected chi connectivity index (χ1v) is 10.6. The van der Waals surface area contributed by atoms with Gasteiger partial charge in [-0.25, -0.2) is 8.42 Å². The lowest BCUT2D eigenvalue weighted by atomic mass is 10.1. The Morgan fingerprint density at radius 2 is 1.89 bits per heavy atom. The van der Waals surface area contributed by atoms with Crippen molar-refractivity contribution in [2.75, 3.05) is 22.5 Å². The molecule has 0 aromatic heterocycles. The zero-order valence-corrected chi connectivity index (χ0v) is 17.1. The van der Waals surface area contributed by atoms with Crippen LogP contribution in [-0.4, -0.2) is 33.2 Å². The van der Waals surface area contributed by atoms with Crippen LogP contribution in [0.25, 0.3) is 0 Å². The summed E-state index contributed by atoms with van der Waals surface area (Å²) < 4.78 is 31.5. The van der Waals surface area contributed by atoms with Crippen molar-refractivity contribution in [2.45, 2.75) is 33.7 Å². The molecule has 0 fully saturated rings. The highest BCUT2D eigenvalue weighted by Gasteiger charge is 2.30.